The van der Waals surface area contributed by atoms with Crippen molar-refractivity contribution in [3.63, 3.8) is 0 Å². The van der Waals surface area contributed by atoms with Crippen molar-refractivity contribution >= 4 is 11.1 Å². The van der Waals surface area contributed by atoms with Crippen molar-refractivity contribution in [3.8, 4) is 23.6 Å². The van der Waals surface area contributed by atoms with Crippen molar-refractivity contribution in [1.82, 2.24) is 4.98 Å². The Morgan fingerprint density at radius 3 is 2.58 bits per heavy atom. The van der Waals surface area contributed by atoms with Gasteiger partial charge in [0.2, 0.25) is 5.89 Å². The first kappa shape index (κ1) is 11.0. The molecule has 3 aromatic rings. The maximum atomic E-state index is 9.12. The molecule has 19 heavy (non-hydrogen) atoms. The lowest BCUT2D eigenvalue weighted by atomic mass is 10.1. The Morgan fingerprint density at radius 1 is 1.00 bits per heavy atom. The van der Waals surface area contributed by atoms with E-state index >= 15 is 0 Å². The highest BCUT2D eigenvalue weighted by Crippen LogP contribution is 2.27. The summed E-state index contributed by atoms with van der Waals surface area (Å²) in [7, 11) is 0. The second-order valence-electron chi connectivity index (χ2n) is 3.97. The zero-order valence-electron chi connectivity index (χ0n) is 9.79. The number of hydrogen-bond donors (Lipinski definition) is 0. The van der Waals surface area contributed by atoms with Crippen LogP contribution in [0.2, 0.25) is 0 Å². The van der Waals surface area contributed by atoms with Crippen LogP contribution in [0.5, 0.6) is 0 Å². The van der Waals surface area contributed by atoms with Crippen LogP contribution in [0.3, 0.4) is 0 Å². The summed E-state index contributed by atoms with van der Waals surface area (Å²) in [5.74, 6) is 0.356. The Balaban J connectivity index is 2.26. The Labute approximate surface area is 109 Å². The van der Waals surface area contributed by atoms with E-state index in [-0.39, 0.29) is 0 Å². The van der Waals surface area contributed by atoms with Crippen LogP contribution in [0.4, 0.5) is 0 Å². The van der Waals surface area contributed by atoms with Crippen LogP contribution < -0.4 is 0 Å². The fraction of sp³-hybridized carbons (Fsp3) is 0. The van der Waals surface area contributed by atoms with E-state index < -0.39 is 0 Å². The lowest BCUT2D eigenvalue weighted by Crippen LogP contribution is -1.86. The fourth-order valence-electron chi connectivity index (χ4n) is 1.88. The van der Waals surface area contributed by atoms with Crippen LogP contribution in [0.1, 0.15) is 11.1 Å². The molecule has 2 aromatic carbocycles. The molecule has 0 fully saturated rings. The molecular formula is C15H7N3O. The standard InChI is InChI=1S/C15H7N3O/c16-8-10-5-6-11(9-17)12(7-10)15-18-13-3-1-2-4-14(13)19-15/h1-7H. The maximum Gasteiger partial charge on any atom is 0.228 e. The Morgan fingerprint density at radius 2 is 1.84 bits per heavy atom. The van der Waals surface area contributed by atoms with E-state index in [0.29, 0.717) is 28.2 Å². The molecule has 88 valence electrons. The highest BCUT2D eigenvalue weighted by atomic mass is 16.3. The van der Waals surface area contributed by atoms with Gasteiger partial charge in [-0.05, 0) is 30.3 Å². The van der Waals surface area contributed by atoms with Crippen LogP contribution in [-0.2, 0) is 0 Å². The highest BCUT2D eigenvalue weighted by molar-refractivity contribution is 5.77. The molecule has 0 radical (unpaired) electrons. The summed E-state index contributed by atoms with van der Waals surface area (Å²) in [6, 6.07) is 16.3. The van der Waals surface area contributed by atoms with Crippen molar-refractivity contribution in [3.05, 3.63) is 53.6 Å². The number of fused-ring (bicyclic) bond motifs is 1. The maximum absolute atomic E-state index is 9.12. The zero-order valence-corrected chi connectivity index (χ0v) is 9.79. The minimum atomic E-state index is 0.356. The molecule has 0 saturated heterocycles. The van der Waals surface area contributed by atoms with Gasteiger partial charge >= 0.3 is 0 Å². The van der Waals surface area contributed by atoms with Crippen LogP contribution in [0, 0.1) is 22.7 Å². The third-order valence-electron chi connectivity index (χ3n) is 2.79. The summed E-state index contributed by atoms with van der Waals surface area (Å²) in [5, 5.41) is 18.0. The van der Waals surface area contributed by atoms with Crippen molar-refractivity contribution in [1.29, 1.82) is 10.5 Å². The van der Waals surface area contributed by atoms with Crippen LogP contribution in [0.25, 0.3) is 22.6 Å². The predicted molar refractivity (Wildman–Crippen MR) is 68.9 cm³/mol. The lowest BCUT2D eigenvalue weighted by Gasteiger charge is -1.98. The molecular weight excluding hydrogens is 238 g/mol. The summed E-state index contributed by atoms with van der Waals surface area (Å²) in [5.41, 5.74) is 2.83. The van der Waals surface area contributed by atoms with E-state index in [9.17, 15) is 0 Å². The molecule has 0 unspecified atom stereocenters. The quantitative estimate of drug-likeness (QED) is 0.659. The Kier molecular flexibility index (Phi) is 2.48. The first-order valence-corrected chi connectivity index (χ1v) is 5.62. The Hall–Kier alpha value is -3.11. The molecule has 0 aliphatic heterocycles. The van der Waals surface area contributed by atoms with Gasteiger partial charge < -0.3 is 4.42 Å². The first-order chi connectivity index (χ1) is 9.31. The third kappa shape index (κ3) is 1.82. The van der Waals surface area contributed by atoms with E-state index in [1.807, 2.05) is 30.3 Å². The summed E-state index contributed by atoms with van der Waals surface area (Å²) >= 11 is 0. The molecule has 4 nitrogen and oxygen atoms in total. The van der Waals surface area contributed by atoms with Gasteiger partial charge in [-0.2, -0.15) is 10.5 Å². The molecule has 0 atom stereocenters. The summed E-state index contributed by atoms with van der Waals surface area (Å²) in [6.07, 6.45) is 0. The van der Waals surface area contributed by atoms with Gasteiger partial charge in [-0.15, -0.1) is 0 Å². The number of nitriles is 2. The van der Waals surface area contributed by atoms with E-state index in [2.05, 4.69) is 11.1 Å². The van der Waals surface area contributed by atoms with Gasteiger partial charge in [0.15, 0.2) is 5.58 Å². The van der Waals surface area contributed by atoms with Crippen molar-refractivity contribution in [2.75, 3.05) is 0 Å². The SMILES string of the molecule is N#Cc1ccc(C#N)c(-c2nc3ccccc3o2)c1. The lowest BCUT2D eigenvalue weighted by molar-refractivity contribution is 0.619. The van der Waals surface area contributed by atoms with Gasteiger partial charge in [0.25, 0.3) is 0 Å². The minimum absolute atomic E-state index is 0.356. The third-order valence-corrected chi connectivity index (χ3v) is 2.79. The molecule has 0 N–H and O–H groups in total. The smallest absolute Gasteiger partial charge is 0.228 e. The van der Waals surface area contributed by atoms with Crippen LogP contribution in [0.15, 0.2) is 46.9 Å². The number of para-hydroxylation sites is 2. The molecule has 0 aliphatic rings. The van der Waals surface area contributed by atoms with Crippen LogP contribution in [-0.4, -0.2) is 4.98 Å². The topological polar surface area (TPSA) is 73.6 Å². The number of nitrogens with zero attached hydrogens (tertiary/aromatic N) is 3. The molecule has 0 amide bonds. The molecule has 3 rings (SSSR count). The van der Waals surface area contributed by atoms with Gasteiger partial charge in [-0.1, -0.05) is 12.1 Å². The van der Waals surface area contributed by atoms with E-state index in [1.54, 1.807) is 18.2 Å². The van der Waals surface area contributed by atoms with Gasteiger partial charge in [0.1, 0.15) is 5.52 Å². The molecule has 1 heterocycles. The van der Waals surface area contributed by atoms with Crippen molar-refractivity contribution in [2.45, 2.75) is 0 Å². The average Bonchev–Trinajstić information content (AvgIpc) is 2.90. The normalized spacial score (nSPS) is 10.0. The molecule has 1 aromatic heterocycles. The molecule has 0 aliphatic carbocycles. The van der Waals surface area contributed by atoms with Gasteiger partial charge in [-0.25, -0.2) is 4.98 Å². The number of rotatable bonds is 1. The predicted octanol–water partition coefficient (Wildman–Crippen LogP) is 3.24. The van der Waals surface area contributed by atoms with E-state index in [1.165, 1.54) is 0 Å². The second-order valence-corrected chi connectivity index (χ2v) is 3.97. The number of hydrogen-bond acceptors (Lipinski definition) is 4. The second kappa shape index (κ2) is 4.29. The van der Waals surface area contributed by atoms with E-state index in [0.717, 1.165) is 5.52 Å². The Bertz CT molecular complexity index is 817. The zero-order chi connectivity index (χ0) is 13.2. The van der Waals surface area contributed by atoms with Gasteiger partial charge in [0, 0.05) is 0 Å². The first-order valence-electron chi connectivity index (χ1n) is 5.62. The van der Waals surface area contributed by atoms with E-state index in [4.69, 9.17) is 14.9 Å². The molecule has 0 bridgehead atoms. The fourth-order valence-corrected chi connectivity index (χ4v) is 1.88. The van der Waals surface area contributed by atoms with Gasteiger partial charge in [0.05, 0.1) is 28.8 Å². The number of aromatic nitrogens is 1. The monoisotopic (exact) mass is 245 g/mol. The number of benzene rings is 2. The van der Waals surface area contributed by atoms with Crippen LogP contribution >= 0.6 is 0 Å². The summed E-state index contributed by atoms with van der Waals surface area (Å²) < 4.78 is 5.62. The van der Waals surface area contributed by atoms with Crippen molar-refractivity contribution < 1.29 is 4.42 Å². The summed E-state index contributed by atoms with van der Waals surface area (Å²) in [4.78, 5) is 4.34. The average molecular weight is 245 g/mol. The number of oxazole rings is 1. The molecule has 0 saturated carbocycles. The minimum Gasteiger partial charge on any atom is -0.436 e. The summed E-state index contributed by atoms with van der Waals surface area (Å²) in [6.45, 7) is 0. The van der Waals surface area contributed by atoms with Gasteiger partial charge in [-0.3, -0.25) is 0 Å². The molecule has 0 spiro atoms. The molecule has 4 heteroatoms. The highest BCUT2D eigenvalue weighted by Gasteiger charge is 2.13. The van der Waals surface area contributed by atoms with Crippen molar-refractivity contribution in [2.24, 2.45) is 0 Å². The largest absolute Gasteiger partial charge is 0.436 e.